The Kier molecular flexibility index (Phi) is 2.45. The monoisotopic (exact) mass is 362 g/mol. The fourth-order valence-corrected chi connectivity index (χ4v) is 4.16. The molecular formula is C20H15BrN2. The number of para-hydroxylation sites is 1. The molecule has 5 rings (SSSR count). The fourth-order valence-electron chi connectivity index (χ4n) is 3.86. The Labute approximate surface area is 142 Å². The molecule has 1 aliphatic carbocycles. The second kappa shape index (κ2) is 4.24. The third-order valence-electron chi connectivity index (χ3n) is 4.87. The summed E-state index contributed by atoms with van der Waals surface area (Å²) in [5, 5.41) is 2.48. The largest absolute Gasteiger partial charge is 0.293 e. The van der Waals surface area contributed by atoms with Crippen LogP contribution >= 0.6 is 15.9 Å². The number of rotatable bonds is 0. The van der Waals surface area contributed by atoms with E-state index in [1.54, 1.807) is 0 Å². The van der Waals surface area contributed by atoms with Crippen molar-refractivity contribution in [1.29, 1.82) is 0 Å². The van der Waals surface area contributed by atoms with Gasteiger partial charge in [-0.25, -0.2) is 4.98 Å². The van der Waals surface area contributed by atoms with E-state index in [0.29, 0.717) is 0 Å². The van der Waals surface area contributed by atoms with Crippen LogP contribution in [0.25, 0.3) is 33.5 Å². The molecule has 0 saturated heterocycles. The van der Waals surface area contributed by atoms with Gasteiger partial charge in [0.2, 0.25) is 0 Å². The molecule has 1 aromatic carbocycles. The van der Waals surface area contributed by atoms with Gasteiger partial charge in [0.25, 0.3) is 0 Å². The van der Waals surface area contributed by atoms with Gasteiger partial charge in [0.15, 0.2) is 0 Å². The van der Waals surface area contributed by atoms with E-state index in [-0.39, 0.29) is 5.41 Å². The maximum atomic E-state index is 4.77. The zero-order valence-electron chi connectivity index (χ0n) is 13.0. The van der Waals surface area contributed by atoms with Crippen LogP contribution in [-0.4, -0.2) is 9.38 Å². The van der Waals surface area contributed by atoms with Crippen molar-refractivity contribution >= 4 is 49.5 Å². The molecule has 0 N–H and O–H groups in total. The highest BCUT2D eigenvalue weighted by atomic mass is 79.9. The second-order valence-electron chi connectivity index (χ2n) is 6.78. The van der Waals surface area contributed by atoms with Crippen molar-refractivity contribution in [3.05, 3.63) is 64.3 Å². The van der Waals surface area contributed by atoms with Crippen LogP contribution in [0.5, 0.6) is 0 Å². The maximum Gasteiger partial charge on any atom is 0.146 e. The summed E-state index contributed by atoms with van der Waals surface area (Å²) < 4.78 is 3.19. The number of halogens is 1. The van der Waals surface area contributed by atoms with Crippen molar-refractivity contribution in [2.45, 2.75) is 19.3 Å². The summed E-state index contributed by atoms with van der Waals surface area (Å²) in [6.07, 6.45) is 4.57. The molecule has 0 radical (unpaired) electrons. The summed E-state index contributed by atoms with van der Waals surface area (Å²) in [5.74, 6) is 0. The predicted octanol–water partition coefficient (Wildman–Crippen LogP) is 5.71. The summed E-state index contributed by atoms with van der Waals surface area (Å²) in [6.45, 7) is 4.57. The Hall–Kier alpha value is -2.13. The molecule has 0 bridgehead atoms. The molecule has 3 aromatic heterocycles. The van der Waals surface area contributed by atoms with Crippen LogP contribution in [0.4, 0.5) is 0 Å². The topological polar surface area (TPSA) is 17.3 Å². The summed E-state index contributed by atoms with van der Waals surface area (Å²) >= 11 is 3.52. The van der Waals surface area contributed by atoms with E-state index in [0.717, 1.165) is 15.6 Å². The first-order valence-electron chi connectivity index (χ1n) is 7.78. The van der Waals surface area contributed by atoms with Gasteiger partial charge in [-0.05, 0) is 51.3 Å². The summed E-state index contributed by atoms with van der Waals surface area (Å²) in [7, 11) is 0. The van der Waals surface area contributed by atoms with Crippen LogP contribution < -0.4 is 0 Å². The molecule has 0 aliphatic heterocycles. The lowest BCUT2D eigenvalue weighted by Crippen LogP contribution is -2.16. The van der Waals surface area contributed by atoms with E-state index >= 15 is 0 Å². The van der Waals surface area contributed by atoms with E-state index in [2.05, 4.69) is 82.7 Å². The summed E-state index contributed by atoms with van der Waals surface area (Å²) in [5.41, 5.74) is 6.21. The predicted molar refractivity (Wildman–Crippen MR) is 100.0 cm³/mol. The van der Waals surface area contributed by atoms with E-state index in [9.17, 15) is 0 Å². The molecule has 2 nitrogen and oxygen atoms in total. The van der Waals surface area contributed by atoms with Gasteiger partial charge in [-0.15, -0.1) is 0 Å². The summed E-state index contributed by atoms with van der Waals surface area (Å²) in [4.78, 5) is 4.77. The summed E-state index contributed by atoms with van der Waals surface area (Å²) in [6, 6.07) is 15.0. The Balaban J connectivity index is 2.18. The van der Waals surface area contributed by atoms with Crippen molar-refractivity contribution in [3.63, 3.8) is 0 Å². The highest BCUT2D eigenvalue weighted by Crippen LogP contribution is 2.43. The first-order chi connectivity index (χ1) is 11.1. The van der Waals surface area contributed by atoms with Crippen molar-refractivity contribution in [1.82, 2.24) is 9.38 Å². The first kappa shape index (κ1) is 13.3. The van der Waals surface area contributed by atoms with Gasteiger partial charge >= 0.3 is 0 Å². The zero-order valence-corrected chi connectivity index (χ0v) is 14.6. The van der Waals surface area contributed by atoms with E-state index < -0.39 is 0 Å². The Morgan fingerprint density at radius 3 is 2.78 bits per heavy atom. The quantitative estimate of drug-likeness (QED) is 0.366. The fraction of sp³-hybridized carbons (Fsp3) is 0.150. The molecule has 3 heterocycles. The highest BCUT2D eigenvalue weighted by Gasteiger charge is 2.29. The molecule has 23 heavy (non-hydrogen) atoms. The molecule has 0 amide bonds. The normalized spacial score (nSPS) is 15.8. The average molecular weight is 363 g/mol. The van der Waals surface area contributed by atoms with Crippen LogP contribution in [0, 0.1) is 0 Å². The van der Waals surface area contributed by atoms with E-state index in [4.69, 9.17) is 4.98 Å². The van der Waals surface area contributed by atoms with Gasteiger partial charge in [-0.2, -0.15) is 0 Å². The van der Waals surface area contributed by atoms with Crippen LogP contribution in [0.15, 0.2) is 53.1 Å². The van der Waals surface area contributed by atoms with Crippen LogP contribution in [-0.2, 0) is 5.41 Å². The molecule has 112 valence electrons. The molecule has 3 heteroatoms. The van der Waals surface area contributed by atoms with Crippen molar-refractivity contribution in [2.24, 2.45) is 0 Å². The number of benzene rings is 1. The lowest BCUT2D eigenvalue weighted by atomic mass is 9.79. The first-order valence-corrected chi connectivity index (χ1v) is 8.58. The zero-order chi connectivity index (χ0) is 15.8. The molecule has 0 saturated carbocycles. The molecule has 0 spiro atoms. The number of allylic oxidation sites excluding steroid dienone is 1. The number of hydrogen-bond acceptors (Lipinski definition) is 1. The highest BCUT2D eigenvalue weighted by molar-refractivity contribution is 9.10. The maximum absolute atomic E-state index is 4.77. The number of nitrogens with zero attached hydrogens (tertiary/aromatic N) is 2. The van der Waals surface area contributed by atoms with Gasteiger partial charge in [-0.3, -0.25) is 4.40 Å². The molecule has 0 unspecified atom stereocenters. The van der Waals surface area contributed by atoms with Gasteiger partial charge in [0.1, 0.15) is 10.3 Å². The van der Waals surface area contributed by atoms with E-state index in [1.807, 2.05) is 6.07 Å². The van der Waals surface area contributed by atoms with Crippen LogP contribution in [0.2, 0.25) is 0 Å². The number of pyridine rings is 2. The lowest BCUT2D eigenvalue weighted by molar-refractivity contribution is 0.682. The number of fused-ring (bicyclic) bond motifs is 5. The molecule has 1 aliphatic rings. The third kappa shape index (κ3) is 1.66. The number of hydrogen-bond donors (Lipinski definition) is 0. The lowest BCUT2D eigenvalue weighted by Gasteiger charge is -2.25. The molecule has 0 atom stereocenters. The minimum absolute atomic E-state index is 0.0149. The van der Waals surface area contributed by atoms with Crippen LogP contribution in [0.1, 0.15) is 25.0 Å². The van der Waals surface area contributed by atoms with Gasteiger partial charge < -0.3 is 0 Å². The molecular weight excluding hydrogens is 348 g/mol. The second-order valence-corrected chi connectivity index (χ2v) is 7.59. The average Bonchev–Trinajstić information content (AvgIpc) is 2.89. The Morgan fingerprint density at radius 1 is 1.09 bits per heavy atom. The number of aromatic nitrogens is 2. The van der Waals surface area contributed by atoms with Gasteiger partial charge in [0.05, 0.1) is 11.0 Å². The van der Waals surface area contributed by atoms with Gasteiger partial charge in [0, 0.05) is 16.2 Å². The van der Waals surface area contributed by atoms with E-state index in [1.165, 1.54) is 27.5 Å². The minimum atomic E-state index is 0.0149. The van der Waals surface area contributed by atoms with Crippen LogP contribution in [0.3, 0.4) is 0 Å². The standard InChI is InChI=1S/C20H15BrN2/c1-20(2)10-9-12-11-13-7-8-16(21)22-19(13)23-15-6-4-3-5-14(15)17(20)18(12)23/h3-11H,1-2H3. The minimum Gasteiger partial charge on any atom is -0.293 e. The van der Waals surface area contributed by atoms with Gasteiger partial charge in [-0.1, -0.05) is 44.2 Å². The van der Waals surface area contributed by atoms with Crippen molar-refractivity contribution in [3.8, 4) is 0 Å². The molecule has 0 fully saturated rings. The smallest absolute Gasteiger partial charge is 0.146 e. The SMILES string of the molecule is CC1(C)C=Cc2cc3ccc(Br)nc3n3c2c1c1ccccc13. The van der Waals surface area contributed by atoms with Crippen molar-refractivity contribution < 1.29 is 0 Å². The Bertz CT molecular complexity index is 1150. The molecule has 4 aromatic rings. The third-order valence-corrected chi connectivity index (χ3v) is 5.31. The van der Waals surface area contributed by atoms with Crippen molar-refractivity contribution in [2.75, 3.05) is 0 Å². The Morgan fingerprint density at radius 2 is 1.91 bits per heavy atom.